The van der Waals surface area contributed by atoms with Gasteiger partial charge in [-0.1, -0.05) is 44.2 Å². The number of esters is 1. The Kier molecular flexibility index (Phi) is 5.45. The molecule has 4 fully saturated rings. The van der Waals surface area contributed by atoms with Crippen LogP contribution in [0.2, 0.25) is 0 Å². The average molecular weight is 400 g/mol. The van der Waals surface area contributed by atoms with Crippen LogP contribution in [-0.4, -0.2) is 29.2 Å². The summed E-state index contributed by atoms with van der Waals surface area (Å²) in [6.45, 7) is 4.00. The van der Waals surface area contributed by atoms with E-state index in [0.29, 0.717) is 24.2 Å². The van der Waals surface area contributed by atoms with Crippen LogP contribution in [0.15, 0.2) is 30.3 Å². The molecule has 5 atom stereocenters. The first-order valence-corrected chi connectivity index (χ1v) is 11.0. The molecule has 2 unspecified atom stereocenters. The second kappa shape index (κ2) is 7.75. The zero-order valence-electron chi connectivity index (χ0n) is 17.5. The van der Waals surface area contributed by atoms with Gasteiger partial charge in [-0.05, 0) is 68.3 Å². The lowest BCUT2D eigenvalue weighted by molar-refractivity contribution is -0.196. The molecule has 1 aromatic rings. The van der Waals surface area contributed by atoms with Crippen LogP contribution < -0.4 is 5.32 Å². The highest BCUT2D eigenvalue weighted by atomic mass is 16.5. The smallest absolute Gasteiger partial charge is 0.312 e. The number of carbonyl (C=O) groups excluding carboxylic acids is 2. The van der Waals surface area contributed by atoms with Crippen molar-refractivity contribution in [2.45, 2.75) is 70.4 Å². The van der Waals surface area contributed by atoms with E-state index in [4.69, 9.17) is 4.74 Å². The van der Waals surface area contributed by atoms with Gasteiger partial charge >= 0.3 is 5.97 Å². The van der Waals surface area contributed by atoms with Crippen LogP contribution in [0.5, 0.6) is 0 Å². The predicted molar refractivity (Wildman–Crippen MR) is 110 cm³/mol. The second-order valence-corrected chi connectivity index (χ2v) is 10.2. The van der Waals surface area contributed by atoms with Gasteiger partial charge < -0.3 is 15.2 Å². The Hall–Kier alpha value is -1.88. The Balaban J connectivity index is 1.36. The Labute approximate surface area is 173 Å². The Morgan fingerprint density at radius 1 is 1.14 bits per heavy atom. The first-order valence-electron chi connectivity index (χ1n) is 11.0. The summed E-state index contributed by atoms with van der Waals surface area (Å²) in [7, 11) is 0. The van der Waals surface area contributed by atoms with Crippen LogP contribution in [0.25, 0.3) is 0 Å². The summed E-state index contributed by atoms with van der Waals surface area (Å²) in [6, 6.07) is 9.81. The minimum Gasteiger partial charge on any atom is -0.455 e. The molecule has 158 valence electrons. The lowest BCUT2D eigenvalue weighted by Gasteiger charge is -2.58. The third-order valence-electron chi connectivity index (χ3n) is 7.04. The molecule has 1 amide bonds. The molecule has 0 aromatic heterocycles. The van der Waals surface area contributed by atoms with Crippen molar-refractivity contribution >= 4 is 11.9 Å². The van der Waals surface area contributed by atoms with Gasteiger partial charge in [0.15, 0.2) is 6.61 Å². The van der Waals surface area contributed by atoms with Gasteiger partial charge in [0.1, 0.15) is 0 Å². The molecule has 4 aliphatic rings. The second-order valence-electron chi connectivity index (χ2n) is 10.2. The fraction of sp³-hybridized carbons (Fsp3) is 0.667. The maximum Gasteiger partial charge on any atom is 0.312 e. The Morgan fingerprint density at radius 3 is 2.38 bits per heavy atom. The van der Waals surface area contributed by atoms with Gasteiger partial charge in [0.25, 0.3) is 5.91 Å². The molecule has 1 aromatic carbocycles. The highest BCUT2D eigenvalue weighted by molar-refractivity contribution is 5.83. The van der Waals surface area contributed by atoms with Crippen molar-refractivity contribution in [1.82, 2.24) is 5.32 Å². The van der Waals surface area contributed by atoms with Gasteiger partial charge in [-0.15, -0.1) is 0 Å². The highest BCUT2D eigenvalue weighted by Gasteiger charge is 2.60. The molecule has 4 aliphatic carbocycles. The van der Waals surface area contributed by atoms with E-state index < -0.39 is 11.0 Å². The zero-order valence-corrected chi connectivity index (χ0v) is 17.5. The van der Waals surface area contributed by atoms with E-state index in [-0.39, 0.29) is 24.5 Å². The van der Waals surface area contributed by atoms with Gasteiger partial charge in [0, 0.05) is 0 Å². The monoisotopic (exact) mass is 399 g/mol. The molecular formula is C24H33NO4. The highest BCUT2D eigenvalue weighted by Crippen LogP contribution is 2.61. The standard InChI is InChI=1S/C24H33NO4/c1-16(2)8-20(19-6-4-3-5-7-19)25-21(26)14-29-22(27)23-10-17-9-18(11-23)13-24(28,12-17)15-23/h3-7,16-18,20,28H,8-15H2,1-2H3,(H,25,26)/t17-,18+,20-,23?,24?/m1/s1. The molecule has 4 bridgehead atoms. The number of aliphatic hydroxyl groups is 1. The number of hydrogen-bond donors (Lipinski definition) is 2. The molecule has 5 rings (SSSR count). The summed E-state index contributed by atoms with van der Waals surface area (Å²) in [6.07, 6.45) is 5.65. The fourth-order valence-corrected chi connectivity index (χ4v) is 6.41. The first-order chi connectivity index (χ1) is 13.8. The molecule has 29 heavy (non-hydrogen) atoms. The van der Waals surface area contributed by atoms with Gasteiger partial charge in [0.05, 0.1) is 17.1 Å². The lowest BCUT2D eigenvalue weighted by Crippen LogP contribution is -2.58. The number of rotatable bonds is 7. The van der Waals surface area contributed by atoms with E-state index in [1.807, 2.05) is 30.3 Å². The summed E-state index contributed by atoms with van der Waals surface area (Å²) in [5, 5.41) is 13.9. The van der Waals surface area contributed by atoms with E-state index in [0.717, 1.165) is 44.1 Å². The number of ether oxygens (including phenoxy) is 1. The number of amides is 1. The fourth-order valence-electron chi connectivity index (χ4n) is 6.41. The molecule has 5 heteroatoms. The third-order valence-corrected chi connectivity index (χ3v) is 7.04. The van der Waals surface area contributed by atoms with Crippen molar-refractivity contribution < 1.29 is 19.4 Å². The molecule has 0 aliphatic heterocycles. The Bertz CT molecular complexity index is 745. The van der Waals surface area contributed by atoms with Crippen LogP contribution in [0.4, 0.5) is 0 Å². The quantitative estimate of drug-likeness (QED) is 0.685. The maximum atomic E-state index is 13.0. The Morgan fingerprint density at radius 2 is 1.79 bits per heavy atom. The first kappa shape index (κ1) is 20.4. The molecule has 2 N–H and O–H groups in total. The van der Waals surface area contributed by atoms with E-state index in [9.17, 15) is 14.7 Å². The van der Waals surface area contributed by atoms with Gasteiger partial charge in [0.2, 0.25) is 0 Å². The van der Waals surface area contributed by atoms with Crippen LogP contribution in [0.3, 0.4) is 0 Å². The van der Waals surface area contributed by atoms with E-state index in [1.165, 1.54) is 0 Å². The molecule has 0 heterocycles. The van der Waals surface area contributed by atoms with Gasteiger partial charge in [-0.3, -0.25) is 9.59 Å². The lowest BCUT2D eigenvalue weighted by atomic mass is 9.48. The van der Waals surface area contributed by atoms with E-state index in [2.05, 4.69) is 19.2 Å². The SMILES string of the molecule is CC(C)C[C@@H](NC(=O)COC(=O)C12C[C@@H]3C[C@@H](CC(O)(C3)C1)C2)c1ccccc1. The van der Waals surface area contributed by atoms with Crippen LogP contribution >= 0.6 is 0 Å². The van der Waals surface area contributed by atoms with Crippen LogP contribution in [0.1, 0.15) is 70.4 Å². The largest absolute Gasteiger partial charge is 0.455 e. The van der Waals surface area contributed by atoms with E-state index >= 15 is 0 Å². The van der Waals surface area contributed by atoms with Gasteiger partial charge in [-0.25, -0.2) is 0 Å². The molecule has 0 spiro atoms. The van der Waals surface area contributed by atoms with Crippen molar-refractivity contribution in [2.24, 2.45) is 23.2 Å². The molecule has 5 nitrogen and oxygen atoms in total. The molecule has 0 radical (unpaired) electrons. The van der Waals surface area contributed by atoms with Crippen molar-refractivity contribution in [1.29, 1.82) is 0 Å². The third kappa shape index (κ3) is 4.35. The van der Waals surface area contributed by atoms with Crippen molar-refractivity contribution in [3.63, 3.8) is 0 Å². The number of benzene rings is 1. The number of carbonyl (C=O) groups is 2. The van der Waals surface area contributed by atoms with Crippen molar-refractivity contribution in [2.75, 3.05) is 6.61 Å². The normalized spacial score (nSPS) is 33.5. The van der Waals surface area contributed by atoms with Crippen molar-refractivity contribution in [3.8, 4) is 0 Å². The summed E-state index contributed by atoms with van der Waals surface area (Å²) in [5.74, 6) is 0.694. The average Bonchev–Trinajstić information content (AvgIpc) is 2.64. The van der Waals surface area contributed by atoms with Crippen LogP contribution in [-0.2, 0) is 14.3 Å². The minimum absolute atomic E-state index is 0.0948. The van der Waals surface area contributed by atoms with Crippen molar-refractivity contribution in [3.05, 3.63) is 35.9 Å². The molecule has 4 saturated carbocycles. The van der Waals surface area contributed by atoms with Crippen LogP contribution in [0, 0.1) is 23.2 Å². The predicted octanol–water partition coefficient (Wildman–Crippen LogP) is 3.76. The summed E-state index contributed by atoms with van der Waals surface area (Å²) in [5.41, 5.74) is -0.235. The molecular weight excluding hydrogens is 366 g/mol. The zero-order chi connectivity index (χ0) is 20.6. The summed E-state index contributed by atoms with van der Waals surface area (Å²) < 4.78 is 5.51. The number of hydrogen-bond acceptors (Lipinski definition) is 4. The summed E-state index contributed by atoms with van der Waals surface area (Å²) in [4.78, 5) is 25.5. The molecule has 0 saturated heterocycles. The van der Waals surface area contributed by atoms with E-state index in [1.54, 1.807) is 0 Å². The summed E-state index contributed by atoms with van der Waals surface area (Å²) >= 11 is 0. The number of nitrogens with one attached hydrogen (secondary N) is 1. The topological polar surface area (TPSA) is 75.6 Å². The maximum absolute atomic E-state index is 13.0. The van der Waals surface area contributed by atoms with Gasteiger partial charge in [-0.2, -0.15) is 0 Å². The minimum atomic E-state index is -0.707.